The van der Waals surface area contributed by atoms with Crippen molar-refractivity contribution >= 4 is 38.6 Å². The van der Waals surface area contributed by atoms with Crippen LogP contribution in [0.5, 0.6) is 0 Å². The minimum atomic E-state index is -3.09. The highest BCUT2D eigenvalue weighted by atomic mass is 32.2. The van der Waals surface area contributed by atoms with Crippen LogP contribution >= 0.6 is 11.3 Å². The number of Topliss-reactive ketones (excluding diaryl/α,β-unsaturated/α-hetero) is 1. The van der Waals surface area contributed by atoms with Crippen LogP contribution in [0, 0.1) is 0 Å². The van der Waals surface area contributed by atoms with E-state index in [1.165, 1.54) is 18.3 Å². The predicted octanol–water partition coefficient (Wildman–Crippen LogP) is 3.43. The number of ketones is 1. The molecule has 4 rings (SSSR count). The van der Waals surface area contributed by atoms with Gasteiger partial charge in [0, 0.05) is 11.3 Å². The van der Waals surface area contributed by atoms with Gasteiger partial charge in [-0.3, -0.25) is 14.3 Å². The van der Waals surface area contributed by atoms with Crippen LogP contribution in [-0.4, -0.2) is 41.4 Å². The average Bonchev–Trinajstić information content (AvgIpc) is 3.40. The van der Waals surface area contributed by atoms with E-state index < -0.39 is 15.7 Å². The van der Waals surface area contributed by atoms with Gasteiger partial charge in [-0.1, -0.05) is 18.2 Å². The number of amides is 1. The molecule has 1 saturated heterocycles. The number of nitrogens with zero attached hydrogens (tertiary/aromatic N) is 2. The van der Waals surface area contributed by atoms with Gasteiger partial charge in [-0.15, -0.1) is 11.3 Å². The average molecular weight is 430 g/mol. The van der Waals surface area contributed by atoms with E-state index in [4.69, 9.17) is 0 Å². The molecule has 1 aliphatic heterocycles. The van der Waals surface area contributed by atoms with Crippen LogP contribution in [0.2, 0.25) is 0 Å². The Bertz CT molecular complexity index is 1180. The summed E-state index contributed by atoms with van der Waals surface area (Å²) >= 11 is 1.50. The minimum absolute atomic E-state index is 0.0226. The molecule has 9 heteroatoms. The molecule has 0 aliphatic carbocycles. The smallest absolute Gasteiger partial charge is 0.276 e. The molecular weight excluding hydrogens is 410 g/mol. The maximum absolute atomic E-state index is 12.8. The zero-order valence-electron chi connectivity index (χ0n) is 15.7. The third-order valence-corrected chi connectivity index (χ3v) is 7.47. The molecule has 150 valence electrons. The molecule has 0 unspecified atom stereocenters. The van der Waals surface area contributed by atoms with E-state index in [0.29, 0.717) is 17.7 Å². The third kappa shape index (κ3) is 4.15. The van der Waals surface area contributed by atoms with E-state index in [1.807, 2.05) is 17.5 Å². The molecule has 7 nitrogen and oxygen atoms in total. The molecule has 1 aliphatic rings. The molecule has 0 bridgehead atoms. The first-order chi connectivity index (χ1) is 13.8. The summed E-state index contributed by atoms with van der Waals surface area (Å²) in [6, 6.07) is 11.9. The normalized spacial score (nSPS) is 17.9. The number of benzene rings is 1. The fourth-order valence-corrected chi connectivity index (χ4v) is 5.80. The van der Waals surface area contributed by atoms with Gasteiger partial charge in [-0.2, -0.15) is 5.10 Å². The molecule has 1 aromatic carbocycles. The first-order valence-electron chi connectivity index (χ1n) is 9.08. The van der Waals surface area contributed by atoms with E-state index in [9.17, 15) is 18.0 Å². The first kappa shape index (κ1) is 19.5. The van der Waals surface area contributed by atoms with Crippen LogP contribution < -0.4 is 5.32 Å². The summed E-state index contributed by atoms with van der Waals surface area (Å²) in [5.41, 5.74) is 1.93. The second-order valence-corrected chi connectivity index (χ2v) is 10.2. The van der Waals surface area contributed by atoms with Crippen molar-refractivity contribution < 1.29 is 18.0 Å². The SMILES string of the molecule is CC(=O)c1cccc(NC(=O)c2cc(-c3cccs3)n([C@@H]3CCS(=O)(=O)C3)n2)c1. The molecule has 0 spiro atoms. The lowest BCUT2D eigenvalue weighted by Crippen LogP contribution is -2.16. The number of thiophene rings is 1. The number of rotatable bonds is 5. The zero-order valence-corrected chi connectivity index (χ0v) is 17.3. The summed E-state index contributed by atoms with van der Waals surface area (Å²) in [6.07, 6.45) is 0.476. The molecule has 0 saturated carbocycles. The summed E-state index contributed by atoms with van der Waals surface area (Å²) in [7, 11) is -3.09. The summed E-state index contributed by atoms with van der Waals surface area (Å²) in [5, 5.41) is 9.13. The Hall–Kier alpha value is -2.78. The molecule has 1 amide bonds. The Morgan fingerprint density at radius 1 is 1.21 bits per heavy atom. The lowest BCUT2D eigenvalue weighted by molar-refractivity contribution is 0.100. The minimum Gasteiger partial charge on any atom is -0.321 e. The highest BCUT2D eigenvalue weighted by molar-refractivity contribution is 7.91. The molecule has 3 heterocycles. The Labute approximate surface area is 172 Å². The molecule has 1 atom stereocenters. The number of aromatic nitrogens is 2. The lowest BCUT2D eigenvalue weighted by atomic mass is 10.1. The van der Waals surface area contributed by atoms with E-state index in [2.05, 4.69) is 10.4 Å². The van der Waals surface area contributed by atoms with Crippen LogP contribution in [0.3, 0.4) is 0 Å². The van der Waals surface area contributed by atoms with Gasteiger partial charge in [0.05, 0.1) is 28.1 Å². The van der Waals surface area contributed by atoms with Gasteiger partial charge in [0.15, 0.2) is 21.3 Å². The Morgan fingerprint density at radius 2 is 2.03 bits per heavy atom. The molecule has 3 aromatic rings. The van der Waals surface area contributed by atoms with Gasteiger partial charge in [0.25, 0.3) is 5.91 Å². The van der Waals surface area contributed by atoms with Gasteiger partial charge in [-0.05, 0) is 43.0 Å². The Kier molecular flexibility index (Phi) is 5.10. The van der Waals surface area contributed by atoms with Gasteiger partial charge in [0.1, 0.15) is 0 Å². The first-order valence-corrected chi connectivity index (χ1v) is 11.8. The Balaban J connectivity index is 1.66. The summed E-state index contributed by atoms with van der Waals surface area (Å²) in [4.78, 5) is 25.3. The number of sulfone groups is 1. The van der Waals surface area contributed by atoms with Gasteiger partial charge < -0.3 is 5.32 Å². The van der Waals surface area contributed by atoms with Crippen molar-refractivity contribution in [3.63, 3.8) is 0 Å². The predicted molar refractivity (Wildman–Crippen MR) is 112 cm³/mol. The second kappa shape index (κ2) is 7.57. The van der Waals surface area contributed by atoms with Crippen LogP contribution in [-0.2, 0) is 9.84 Å². The van der Waals surface area contributed by atoms with Crippen LogP contribution in [0.4, 0.5) is 5.69 Å². The molecule has 1 N–H and O–H groups in total. The molecule has 2 aromatic heterocycles. The molecule has 0 radical (unpaired) electrons. The quantitative estimate of drug-likeness (QED) is 0.627. The summed E-state index contributed by atoms with van der Waals surface area (Å²) in [5.74, 6) is -0.355. The van der Waals surface area contributed by atoms with Crippen molar-refractivity contribution in [2.45, 2.75) is 19.4 Å². The van der Waals surface area contributed by atoms with Crippen molar-refractivity contribution in [2.24, 2.45) is 0 Å². The van der Waals surface area contributed by atoms with Gasteiger partial charge in [-0.25, -0.2) is 8.42 Å². The third-order valence-electron chi connectivity index (χ3n) is 4.82. The van der Waals surface area contributed by atoms with Gasteiger partial charge in [0.2, 0.25) is 0 Å². The number of hydrogen-bond donors (Lipinski definition) is 1. The van der Waals surface area contributed by atoms with Crippen molar-refractivity contribution in [1.82, 2.24) is 9.78 Å². The number of anilines is 1. The van der Waals surface area contributed by atoms with Crippen LogP contribution in [0.1, 0.15) is 40.2 Å². The number of carbonyl (C=O) groups excluding carboxylic acids is 2. The van der Waals surface area contributed by atoms with E-state index >= 15 is 0 Å². The maximum Gasteiger partial charge on any atom is 0.276 e. The fourth-order valence-electron chi connectivity index (χ4n) is 3.37. The summed E-state index contributed by atoms with van der Waals surface area (Å²) < 4.78 is 25.5. The van der Waals surface area contributed by atoms with E-state index in [0.717, 1.165) is 10.6 Å². The zero-order chi connectivity index (χ0) is 20.6. The van der Waals surface area contributed by atoms with E-state index in [-0.39, 0.29) is 29.0 Å². The highest BCUT2D eigenvalue weighted by Gasteiger charge is 2.32. The van der Waals surface area contributed by atoms with Crippen molar-refractivity contribution in [3.05, 3.63) is 59.1 Å². The fraction of sp³-hybridized carbons (Fsp3) is 0.250. The van der Waals surface area contributed by atoms with E-state index in [1.54, 1.807) is 35.0 Å². The number of carbonyl (C=O) groups is 2. The second-order valence-electron chi connectivity index (χ2n) is 6.98. The summed E-state index contributed by atoms with van der Waals surface area (Å²) in [6.45, 7) is 1.46. The topological polar surface area (TPSA) is 98.1 Å². The Morgan fingerprint density at radius 3 is 2.69 bits per heavy atom. The largest absolute Gasteiger partial charge is 0.321 e. The maximum atomic E-state index is 12.8. The van der Waals surface area contributed by atoms with Crippen molar-refractivity contribution in [2.75, 3.05) is 16.8 Å². The molecule has 29 heavy (non-hydrogen) atoms. The highest BCUT2D eigenvalue weighted by Crippen LogP contribution is 2.32. The number of nitrogens with one attached hydrogen (secondary N) is 1. The van der Waals surface area contributed by atoms with Crippen molar-refractivity contribution in [1.29, 1.82) is 0 Å². The van der Waals surface area contributed by atoms with Crippen LogP contribution in [0.25, 0.3) is 10.6 Å². The lowest BCUT2D eigenvalue weighted by Gasteiger charge is -2.12. The molecule has 1 fully saturated rings. The monoisotopic (exact) mass is 429 g/mol. The van der Waals surface area contributed by atoms with Crippen LogP contribution in [0.15, 0.2) is 47.8 Å². The van der Waals surface area contributed by atoms with Crippen molar-refractivity contribution in [3.8, 4) is 10.6 Å². The van der Waals surface area contributed by atoms with Gasteiger partial charge >= 0.3 is 0 Å². The standard InChI is InChI=1S/C20H19N3O4S2/c1-13(24)14-4-2-5-15(10-14)21-20(25)17-11-18(19-6-3-8-28-19)23(22-17)16-7-9-29(26,27)12-16/h2-6,8,10-11,16H,7,9,12H2,1H3,(H,21,25)/t16-/m1/s1. The number of hydrogen-bond acceptors (Lipinski definition) is 6. The molecular formula is C20H19N3O4S2.